The quantitative estimate of drug-likeness (QED) is 0.694. The molecule has 1 atom stereocenters. The average molecular weight is 201 g/mol. The number of likely N-dealkylation sites (tertiary alicyclic amines) is 1. The van der Waals surface area contributed by atoms with Gasteiger partial charge < -0.3 is 10.2 Å². The summed E-state index contributed by atoms with van der Waals surface area (Å²) in [6.07, 6.45) is -1.24. The minimum absolute atomic E-state index is 0.252. The first-order chi connectivity index (χ1) is 6.30. The predicted octanol–water partition coefficient (Wildman–Crippen LogP) is 0.410. The van der Waals surface area contributed by atoms with E-state index in [9.17, 15) is 4.79 Å². The number of carboxylic acids is 1. The second-order valence-electron chi connectivity index (χ2n) is 5.14. The molecule has 0 radical (unpaired) electrons. The number of aliphatic carboxylic acids is 1. The molecule has 1 saturated heterocycles. The predicted molar refractivity (Wildman–Crippen MR) is 53.0 cm³/mol. The van der Waals surface area contributed by atoms with Crippen LogP contribution < -0.4 is 0 Å². The second kappa shape index (κ2) is 3.87. The Morgan fingerprint density at radius 2 is 2.00 bits per heavy atom. The summed E-state index contributed by atoms with van der Waals surface area (Å²) in [5, 5.41) is 17.6. The number of aliphatic hydroxyl groups excluding tert-OH is 1. The lowest BCUT2D eigenvalue weighted by Crippen LogP contribution is -2.54. The van der Waals surface area contributed by atoms with Crippen LogP contribution in [0.5, 0.6) is 0 Å². The lowest BCUT2D eigenvalue weighted by Gasteiger charge is -2.46. The fraction of sp³-hybridized carbons (Fsp3) is 0.900. The van der Waals surface area contributed by atoms with Crippen molar-refractivity contribution in [3.05, 3.63) is 0 Å². The molecule has 0 aromatic heterocycles. The maximum atomic E-state index is 10.4. The maximum Gasteiger partial charge on any atom is 0.333 e. The summed E-state index contributed by atoms with van der Waals surface area (Å²) in [6.45, 7) is 8.59. The van der Waals surface area contributed by atoms with Gasteiger partial charge in [0, 0.05) is 19.6 Å². The van der Waals surface area contributed by atoms with Gasteiger partial charge in [0.2, 0.25) is 0 Å². The zero-order valence-electron chi connectivity index (χ0n) is 9.03. The van der Waals surface area contributed by atoms with E-state index in [1.807, 2.05) is 4.90 Å². The number of carbonyl (C=O) groups is 1. The minimum Gasteiger partial charge on any atom is -0.479 e. The summed E-state index contributed by atoms with van der Waals surface area (Å²) in [5.41, 5.74) is 0.282. The Morgan fingerprint density at radius 3 is 2.36 bits per heavy atom. The number of aliphatic hydroxyl groups is 1. The highest BCUT2D eigenvalue weighted by atomic mass is 16.4. The Balaban J connectivity index is 2.26. The Hall–Kier alpha value is -0.610. The number of hydrogen-bond acceptors (Lipinski definition) is 3. The number of carboxylic acid groups (broad SMARTS) is 1. The van der Waals surface area contributed by atoms with Crippen LogP contribution >= 0.6 is 0 Å². The third kappa shape index (κ3) is 2.69. The fourth-order valence-corrected chi connectivity index (χ4v) is 1.59. The van der Waals surface area contributed by atoms with Gasteiger partial charge in [-0.3, -0.25) is 4.90 Å². The zero-order chi connectivity index (χ0) is 10.9. The average Bonchev–Trinajstić information content (AvgIpc) is 1.92. The summed E-state index contributed by atoms with van der Waals surface area (Å²) in [4.78, 5) is 12.4. The Bertz CT molecular complexity index is 216. The fourth-order valence-electron chi connectivity index (χ4n) is 1.59. The van der Waals surface area contributed by atoms with Crippen molar-refractivity contribution < 1.29 is 15.0 Å². The molecule has 14 heavy (non-hydrogen) atoms. The van der Waals surface area contributed by atoms with Gasteiger partial charge in [0.25, 0.3) is 0 Å². The summed E-state index contributed by atoms with van der Waals surface area (Å²) < 4.78 is 0. The summed E-state index contributed by atoms with van der Waals surface area (Å²) in [6, 6.07) is 0. The van der Waals surface area contributed by atoms with Crippen molar-refractivity contribution in [2.75, 3.05) is 19.6 Å². The van der Waals surface area contributed by atoms with E-state index in [2.05, 4.69) is 20.8 Å². The van der Waals surface area contributed by atoms with Gasteiger partial charge in [-0.15, -0.1) is 0 Å². The van der Waals surface area contributed by atoms with Crippen LogP contribution in [0.3, 0.4) is 0 Å². The Kier molecular flexibility index (Phi) is 3.17. The first-order valence-corrected chi connectivity index (χ1v) is 4.94. The van der Waals surface area contributed by atoms with E-state index in [1.54, 1.807) is 0 Å². The van der Waals surface area contributed by atoms with Gasteiger partial charge in [0.1, 0.15) is 0 Å². The van der Waals surface area contributed by atoms with E-state index in [-0.39, 0.29) is 12.0 Å². The van der Waals surface area contributed by atoms with Crippen molar-refractivity contribution in [3.63, 3.8) is 0 Å². The molecule has 1 unspecified atom stereocenters. The standard InChI is InChI=1S/C10H19NO3/c1-10(2,3)7-4-11(5-7)6-8(12)9(13)14/h7-8,12H,4-6H2,1-3H3,(H,13,14). The molecule has 1 heterocycles. The second-order valence-corrected chi connectivity index (χ2v) is 5.14. The van der Waals surface area contributed by atoms with E-state index in [0.717, 1.165) is 13.1 Å². The summed E-state index contributed by atoms with van der Waals surface area (Å²) in [7, 11) is 0. The molecule has 4 nitrogen and oxygen atoms in total. The molecule has 0 aromatic carbocycles. The van der Waals surface area contributed by atoms with Crippen LogP contribution in [0.25, 0.3) is 0 Å². The molecule has 0 amide bonds. The Morgan fingerprint density at radius 1 is 1.50 bits per heavy atom. The topological polar surface area (TPSA) is 60.8 Å². The van der Waals surface area contributed by atoms with Gasteiger partial charge in [0.15, 0.2) is 6.10 Å². The van der Waals surface area contributed by atoms with Crippen LogP contribution in [0.1, 0.15) is 20.8 Å². The van der Waals surface area contributed by atoms with E-state index in [4.69, 9.17) is 10.2 Å². The highest BCUT2D eigenvalue weighted by Gasteiger charge is 2.36. The number of rotatable bonds is 3. The van der Waals surface area contributed by atoms with Gasteiger partial charge in [-0.2, -0.15) is 0 Å². The first kappa shape index (κ1) is 11.5. The molecule has 2 N–H and O–H groups in total. The van der Waals surface area contributed by atoms with E-state index in [1.165, 1.54) is 0 Å². The normalized spacial score (nSPS) is 21.7. The summed E-state index contributed by atoms with van der Waals surface area (Å²) >= 11 is 0. The molecular weight excluding hydrogens is 182 g/mol. The Labute approximate surface area is 84.5 Å². The van der Waals surface area contributed by atoms with Crippen molar-refractivity contribution in [1.82, 2.24) is 4.90 Å². The monoisotopic (exact) mass is 201 g/mol. The molecule has 1 fully saturated rings. The van der Waals surface area contributed by atoms with Crippen LogP contribution in [0.2, 0.25) is 0 Å². The molecule has 1 aliphatic heterocycles. The van der Waals surface area contributed by atoms with Crippen LogP contribution in [0, 0.1) is 11.3 Å². The van der Waals surface area contributed by atoms with Crippen molar-refractivity contribution in [3.8, 4) is 0 Å². The molecule has 82 valence electrons. The van der Waals surface area contributed by atoms with Crippen LogP contribution in [-0.2, 0) is 4.79 Å². The number of β-amino-alcohol motifs (C(OH)–C–C–N with tert-alkyl or cyclic N) is 1. The van der Waals surface area contributed by atoms with Crippen molar-refractivity contribution in [2.24, 2.45) is 11.3 Å². The molecule has 0 aliphatic carbocycles. The SMILES string of the molecule is CC(C)(C)C1CN(CC(O)C(=O)O)C1. The van der Waals surface area contributed by atoms with Crippen LogP contribution in [-0.4, -0.2) is 46.8 Å². The highest BCUT2D eigenvalue weighted by Crippen LogP contribution is 2.33. The van der Waals surface area contributed by atoms with Crippen molar-refractivity contribution >= 4 is 5.97 Å². The smallest absolute Gasteiger partial charge is 0.333 e. The van der Waals surface area contributed by atoms with Gasteiger partial charge in [-0.05, 0) is 11.3 Å². The number of hydrogen-bond donors (Lipinski definition) is 2. The van der Waals surface area contributed by atoms with E-state index < -0.39 is 12.1 Å². The molecule has 1 aliphatic rings. The van der Waals surface area contributed by atoms with E-state index in [0.29, 0.717) is 5.92 Å². The van der Waals surface area contributed by atoms with E-state index >= 15 is 0 Å². The lowest BCUT2D eigenvalue weighted by atomic mass is 9.76. The largest absolute Gasteiger partial charge is 0.479 e. The lowest BCUT2D eigenvalue weighted by molar-refractivity contribution is -0.149. The van der Waals surface area contributed by atoms with Crippen molar-refractivity contribution in [1.29, 1.82) is 0 Å². The molecule has 1 rings (SSSR count). The minimum atomic E-state index is -1.24. The zero-order valence-corrected chi connectivity index (χ0v) is 9.03. The van der Waals surface area contributed by atoms with Crippen LogP contribution in [0.15, 0.2) is 0 Å². The van der Waals surface area contributed by atoms with Gasteiger partial charge in [-0.25, -0.2) is 4.79 Å². The molecule has 0 spiro atoms. The van der Waals surface area contributed by atoms with Gasteiger partial charge in [-0.1, -0.05) is 20.8 Å². The first-order valence-electron chi connectivity index (χ1n) is 4.94. The molecule has 4 heteroatoms. The molecule has 0 aromatic rings. The molecule has 0 saturated carbocycles. The van der Waals surface area contributed by atoms with Gasteiger partial charge in [0.05, 0.1) is 0 Å². The number of nitrogens with zero attached hydrogens (tertiary/aromatic N) is 1. The van der Waals surface area contributed by atoms with Crippen molar-refractivity contribution in [2.45, 2.75) is 26.9 Å². The summed E-state index contributed by atoms with van der Waals surface area (Å²) in [5.74, 6) is -0.521. The highest BCUT2D eigenvalue weighted by molar-refractivity contribution is 5.72. The molecular formula is C10H19NO3. The van der Waals surface area contributed by atoms with Gasteiger partial charge >= 0.3 is 5.97 Å². The third-order valence-corrected chi connectivity index (χ3v) is 2.90. The van der Waals surface area contributed by atoms with Crippen LogP contribution in [0.4, 0.5) is 0 Å². The third-order valence-electron chi connectivity index (χ3n) is 2.90. The maximum absolute atomic E-state index is 10.4. The molecule has 0 bridgehead atoms.